The van der Waals surface area contributed by atoms with Gasteiger partial charge in [-0.05, 0) is 18.8 Å². The normalized spacial score (nSPS) is 15.9. The van der Waals surface area contributed by atoms with Crippen molar-refractivity contribution >= 4 is 5.84 Å². The molecule has 0 aromatic carbocycles. The zero-order valence-electron chi connectivity index (χ0n) is 7.39. The molecule has 60 valence electrons. The predicted octanol–water partition coefficient (Wildman–Crippen LogP) is 1.66. The average molecular weight is 142 g/mol. The minimum absolute atomic E-state index is 0.637. The van der Waals surface area contributed by atoms with Crippen LogP contribution in [0, 0.1) is 11.8 Å². The lowest BCUT2D eigenvalue weighted by atomic mass is 9.99. The molecule has 0 aromatic heterocycles. The summed E-state index contributed by atoms with van der Waals surface area (Å²) in [5.41, 5.74) is 5.39. The molecular weight excluding hydrogens is 124 g/mol. The molecule has 0 aliphatic heterocycles. The first-order valence-corrected chi connectivity index (χ1v) is 3.80. The number of hydrogen-bond donors (Lipinski definition) is 1. The van der Waals surface area contributed by atoms with Crippen molar-refractivity contribution in [1.29, 1.82) is 0 Å². The number of rotatable bonds is 3. The number of nitrogens with two attached hydrogens (primary N) is 1. The molecule has 2 nitrogen and oxygen atoms in total. The predicted molar refractivity (Wildman–Crippen MR) is 46.2 cm³/mol. The third kappa shape index (κ3) is 4.36. The maximum Gasteiger partial charge on any atom is 0.0905 e. The van der Waals surface area contributed by atoms with Crippen LogP contribution in [0.5, 0.6) is 0 Å². The Bertz CT molecular complexity index is 112. The maximum atomic E-state index is 5.39. The van der Waals surface area contributed by atoms with Crippen LogP contribution in [0.2, 0.25) is 0 Å². The Hall–Kier alpha value is -0.530. The Kier molecular flexibility index (Phi) is 4.08. The molecule has 0 spiro atoms. The van der Waals surface area contributed by atoms with Crippen molar-refractivity contribution in [1.82, 2.24) is 0 Å². The van der Waals surface area contributed by atoms with Crippen LogP contribution < -0.4 is 5.73 Å². The van der Waals surface area contributed by atoms with Crippen LogP contribution in [-0.2, 0) is 0 Å². The van der Waals surface area contributed by atoms with Gasteiger partial charge in [0.05, 0.1) is 5.84 Å². The minimum Gasteiger partial charge on any atom is -0.388 e. The van der Waals surface area contributed by atoms with Gasteiger partial charge in [-0.15, -0.1) is 0 Å². The van der Waals surface area contributed by atoms with E-state index < -0.39 is 0 Å². The van der Waals surface area contributed by atoms with Gasteiger partial charge < -0.3 is 5.73 Å². The first kappa shape index (κ1) is 9.47. The van der Waals surface area contributed by atoms with E-state index in [4.69, 9.17) is 5.73 Å². The summed E-state index contributed by atoms with van der Waals surface area (Å²) in [4.78, 5) is 4.14. The fraction of sp³-hybridized carbons (Fsp3) is 0.875. The molecule has 0 amide bonds. The summed E-state index contributed by atoms with van der Waals surface area (Å²) in [6, 6.07) is 0. The zero-order chi connectivity index (χ0) is 8.15. The largest absolute Gasteiger partial charge is 0.388 e. The molecule has 0 aliphatic carbocycles. The Morgan fingerprint density at radius 1 is 1.40 bits per heavy atom. The molecule has 0 saturated carbocycles. The first-order chi connectivity index (χ1) is 4.54. The number of amidine groups is 1. The van der Waals surface area contributed by atoms with Gasteiger partial charge in [0.15, 0.2) is 0 Å². The molecule has 10 heavy (non-hydrogen) atoms. The molecule has 0 radical (unpaired) electrons. The Labute approximate surface area is 63.5 Å². The van der Waals surface area contributed by atoms with Crippen molar-refractivity contribution in [3.05, 3.63) is 0 Å². The van der Waals surface area contributed by atoms with Gasteiger partial charge in [0.1, 0.15) is 0 Å². The van der Waals surface area contributed by atoms with Crippen LogP contribution >= 0.6 is 0 Å². The zero-order valence-corrected chi connectivity index (χ0v) is 7.39. The van der Waals surface area contributed by atoms with Gasteiger partial charge in [-0.3, -0.25) is 4.99 Å². The van der Waals surface area contributed by atoms with Crippen LogP contribution in [0.15, 0.2) is 4.99 Å². The highest BCUT2D eigenvalue weighted by molar-refractivity contribution is 5.77. The lowest BCUT2D eigenvalue weighted by Gasteiger charge is -2.11. The van der Waals surface area contributed by atoms with Crippen LogP contribution in [0.1, 0.15) is 27.7 Å². The lowest BCUT2D eigenvalue weighted by Crippen LogP contribution is -2.12. The van der Waals surface area contributed by atoms with Crippen molar-refractivity contribution in [2.75, 3.05) is 6.54 Å². The second-order valence-corrected chi connectivity index (χ2v) is 3.20. The van der Waals surface area contributed by atoms with E-state index in [0.717, 1.165) is 6.54 Å². The van der Waals surface area contributed by atoms with E-state index in [1.807, 2.05) is 6.92 Å². The second-order valence-electron chi connectivity index (χ2n) is 3.20. The van der Waals surface area contributed by atoms with Gasteiger partial charge >= 0.3 is 0 Å². The summed E-state index contributed by atoms with van der Waals surface area (Å²) in [6.07, 6.45) is 0. The van der Waals surface area contributed by atoms with Crippen molar-refractivity contribution in [2.45, 2.75) is 27.7 Å². The highest BCUT2D eigenvalue weighted by Gasteiger charge is 2.04. The first-order valence-electron chi connectivity index (χ1n) is 3.80. The molecule has 0 heterocycles. The topological polar surface area (TPSA) is 38.4 Å². The van der Waals surface area contributed by atoms with E-state index >= 15 is 0 Å². The SMILES string of the molecule is CC(N)=NCC(C)C(C)C. The van der Waals surface area contributed by atoms with Crippen molar-refractivity contribution in [3.8, 4) is 0 Å². The summed E-state index contributed by atoms with van der Waals surface area (Å²) in [5, 5.41) is 0. The van der Waals surface area contributed by atoms with Crippen LogP contribution in [0.4, 0.5) is 0 Å². The molecule has 0 aliphatic rings. The summed E-state index contributed by atoms with van der Waals surface area (Å²) < 4.78 is 0. The highest BCUT2D eigenvalue weighted by atomic mass is 14.8. The Morgan fingerprint density at radius 3 is 2.20 bits per heavy atom. The summed E-state index contributed by atoms with van der Waals surface area (Å²) in [5.74, 6) is 2.02. The van der Waals surface area contributed by atoms with E-state index in [-0.39, 0.29) is 0 Å². The molecule has 0 rings (SSSR count). The van der Waals surface area contributed by atoms with Gasteiger partial charge in [-0.2, -0.15) is 0 Å². The fourth-order valence-corrected chi connectivity index (χ4v) is 0.499. The van der Waals surface area contributed by atoms with Gasteiger partial charge in [0, 0.05) is 6.54 Å². The monoisotopic (exact) mass is 142 g/mol. The van der Waals surface area contributed by atoms with Crippen LogP contribution in [0.3, 0.4) is 0 Å². The van der Waals surface area contributed by atoms with E-state index in [1.165, 1.54) is 0 Å². The van der Waals surface area contributed by atoms with Crippen LogP contribution in [0.25, 0.3) is 0 Å². The van der Waals surface area contributed by atoms with Gasteiger partial charge in [-0.1, -0.05) is 20.8 Å². The third-order valence-electron chi connectivity index (χ3n) is 1.77. The molecule has 0 saturated heterocycles. The molecule has 1 atom stereocenters. The standard InChI is InChI=1S/C8H18N2/c1-6(2)7(3)5-10-8(4)9/h6-7H,5H2,1-4H3,(H2,9,10). The number of nitrogens with zero attached hydrogens (tertiary/aromatic N) is 1. The molecule has 0 fully saturated rings. The molecular formula is C8H18N2. The van der Waals surface area contributed by atoms with Gasteiger partial charge in [0.25, 0.3) is 0 Å². The van der Waals surface area contributed by atoms with Crippen molar-refractivity contribution in [3.63, 3.8) is 0 Å². The van der Waals surface area contributed by atoms with E-state index in [2.05, 4.69) is 25.8 Å². The quantitative estimate of drug-likeness (QED) is 0.472. The number of aliphatic imine (C=N–C) groups is 1. The smallest absolute Gasteiger partial charge is 0.0905 e. The molecule has 0 aromatic rings. The molecule has 0 bridgehead atoms. The van der Waals surface area contributed by atoms with E-state index in [1.54, 1.807) is 0 Å². The second kappa shape index (κ2) is 4.31. The summed E-state index contributed by atoms with van der Waals surface area (Å²) >= 11 is 0. The maximum absolute atomic E-state index is 5.39. The lowest BCUT2D eigenvalue weighted by molar-refractivity contribution is 0.430. The van der Waals surface area contributed by atoms with Gasteiger partial charge in [0.2, 0.25) is 0 Å². The van der Waals surface area contributed by atoms with Crippen LogP contribution in [-0.4, -0.2) is 12.4 Å². The Morgan fingerprint density at radius 2 is 1.90 bits per heavy atom. The summed E-state index contributed by atoms with van der Waals surface area (Å²) in [7, 11) is 0. The van der Waals surface area contributed by atoms with E-state index in [9.17, 15) is 0 Å². The average Bonchev–Trinajstić information content (AvgIpc) is 1.82. The third-order valence-corrected chi connectivity index (χ3v) is 1.77. The molecule has 1 unspecified atom stereocenters. The molecule has 2 heteroatoms. The summed E-state index contributed by atoms with van der Waals surface area (Å²) in [6.45, 7) is 9.28. The highest BCUT2D eigenvalue weighted by Crippen LogP contribution is 2.08. The Balaban J connectivity index is 3.59. The van der Waals surface area contributed by atoms with Gasteiger partial charge in [-0.25, -0.2) is 0 Å². The minimum atomic E-state index is 0.637. The number of hydrogen-bond acceptors (Lipinski definition) is 1. The van der Waals surface area contributed by atoms with Crippen molar-refractivity contribution < 1.29 is 0 Å². The van der Waals surface area contributed by atoms with Crippen molar-refractivity contribution in [2.24, 2.45) is 22.6 Å². The fourth-order valence-electron chi connectivity index (χ4n) is 0.499. The molecule has 2 N–H and O–H groups in total. The van der Waals surface area contributed by atoms with E-state index in [0.29, 0.717) is 17.7 Å².